The predicted octanol–water partition coefficient (Wildman–Crippen LogP) is 2.61. The Balaban J connectivity index is 3.55. The van der Waals surface area contributed by atoms with Crippen LogP contribution in [0.2, 0.25) is 0 Å². The zero-order valence-corrected chi connectivity index (χ0v) is 9.98. The number of pyridine rings is 1. The first-order valence-electron chi connectivity index (χ1n) is 4.88. The van der Waals surface area contributed by atoms with E-state index in [1.807, 2.05) is 0 Å². The monoisotopic (exact) mass is 316 g/mol. The van der Waals surface area contributed by atoms with Crippen LogP contribution in [0.1, 0.15) is 22.5 Å². The molecular weight excluding hydrogens is 311 g/mol. The van der Waals surface area contributed by atoms with Crippen molar-refractivity contribution in [2.45, 2.75) is 12.8 Å². The van der Waals surface area contributed by atoms with Gasteiger partial charge in [0.1, 0.15) is 0 Å². The zero-order chi connectivity index (χ0) is 16.4. The van der Waals surface area contributed by atoms with Crippen molar-refractivity contribution in [2.24, 2.45) is 0 Å². The molecule has 0 radical (unpaired) electrons. The molecule has 0 amide bonds. The van der Waals surface area contributed by atoms with E-state index in [0.717, 1.165) is 7.11 Å². The standard InChI is InChI=1S/C9H5F5N2O5/c1-20-8(17)5-3(6(10)11)2-4(16(18)19)7(15-5)21-9(12,13)14/h2,6H,1H3. The highest BCUT2D eigenvalue weighted by molar-refractivity contribution is 5.89. The molecule has 0 aliphatic rings. The number of carbonyl (C=O) groups excluding carboxylic acids is 1. The van der Waals surface area contributed by atoms with Crippen molar-refractivity contribution in [1.82, 2.24) is 4.98 Å². The van der Waals surface area contributed by atoms with Crippen LogP contribution in [-0.4, -0.2) is 29.3 Å². The number of hydrogen-bond donors (Lipinski definition) is 0. The molecule has 0 atom stereocenters. The Morgan fingerprint density at radius 3 is 2.38 bits per heavy atom. The minimum absolute atomic E-state index is 0.0744. The van der Waals surface area contributed by atoms with Gasteiger partial charge in [0, 0.05) is 6.07 Å². The first-order chi connectivity index (χ1) is 9.56. The maximum atomic E-state index is 12.7. The minimum Gasteiger partial charge on any atom is -0.464 e. The quantitative estimate of drug-likeness (QED) is 0.367. The van der Waals surface area contributed by atoms with Crippen LogP contribution in [-0.2, 0) is 4.74 Å². The Bertz CT molecular complexity index is 574. The van der Waals surface area contributed by atoms with Gasteiger partial charge in [0.25, 0.3) is 6.43 Å². The average Bonchev–Trinajstić information content (AvgIpc) is 2.34. The van der Waals surface area contributed by atoms with Gasteiger partial charge in [-0.15, -0.1) is 13.2 Å². The van der Waals surface area contributed by atoms with Crippen LogP contribution in [0, 0.1) is 10.1 Å². The summed E-state index contributed by atoms with van der Waals surface area (Å²) in [5.74, 6) is -3.13. The second-order valence-electron chi connectivity index (χ2n) is 3.35. The number of rotatable bonds is 4. The molecule has 21 heavy (non-hydrogen) atoms. The lowest BCUT2D eigenvalue weighted by molar-refractivity contribution is -0.389. The molecule has 0 fully saturated rings. The fraction of sp³-hybridized carbons (Fsp3) is 0.333. The number of hydrogen-bond acceptors (Lipinski definition) is 6. The molecular formula is C9H5F5N2O5. The number of carbonyl (C=O) groups is 1. The van der Waals surface area contributed by atoms with Crippen LogP contribution in [0.25, 0.3) is 0 Å². The number of nitrogens with zero attached hydrogens (tertiary/aromatic N) is 2. The van der Waals surface area contributed by atoms with Crippen LogP contribution in [0.4, 0.5) is 27.6 Å². The van der Waals surface area contributed by atoms with E-state index in [-0.39, 0.29) is 6.07 Å². The Labute approximate surface area is 112 Å². The van der Waals surface area contributed by atoms with Crippen molar-refractivity contribution < 1.29 is 41.1 Å². The van der Waals surface area contributed by atoms with E-state index in [9.17, 15) is 36.9 Å². The van der Waals surface area contributed by atoms with Crippen molar-refractivity contribution in [1.29, 1.82) is 0 Å². The molecule has 12 heteroatoms. The maximum absolute atomic E-state index is 12.7. The molecule has 0 unspecified atom stereocenters. The molecule has 1 aromatic rings. The van der Waals surface area contributed by atoms with Crippen LogP contribution >= 0.6 is 0 Å². The summed E-state index contributed by atoms with van der Waals surface area (Å²) in [6, 6.07) is 0.0744. The van der Waals surface area contributed by atoms with Crippen LogP contribution in [0.3, 0.4) is 0 Å². The lowest BCUT2D eigenvalue weighted by atomic mass is 10.2. The van der Waals surface area contributed by atoms with Gasteiger partial charge in [0.15, 0.2) is 5.69 Å². The Hall–Kier alpha value is -2.53. The molecule has 1 rings (SSSR count). The number of methoxy groups -OCH3 is 1. The molecule has 0 saturated carbocycles. The van der Waals surface area contributed by atoms with Crippen LogP contribution in [0.15, 0.2) is 6.07 Å². The third kappa shape index (κ3) is 3.97. The highest BCUT2D eigenvalue weighted by Gasteiger charge is 2.37. The number of esters is 1. The second-order valence-corrected chi connectivity index (χ2v) is 3.35. The van der Waals surface area contributed by atoms with Gasteiger partial charge in [-0.2, -0.15) is 4.98 Å². The molecule has 0 saturated heterocycles. The Morgan fingerprint density at radius 2 is 2.00 bits per heavy atom. The number of ether oxygens (including phenoxy) is 2. The molecule has 1 heterocycles. The van der Waals surface area contributed by atoms with Crippen molar-refractivity contribution in [3.05, 3.63) is 27.4 Å². The zero-order valence-electron chi connectivity index (χ0n) is 9.98. The van der Waals surface area contributed by atoms with Crippen LogP contribution < -0.4 is 4.74 Å². The number of halogens is 5. The van der Waals surface area contributed by atoms with Gasteiger partial charge < -0.3 is 9.47 Å². The molecule has 116 valence electrons. The predicted molar refractivity (Wildman–Crippen MR) is 53.9 cm³/mol. The molecule has 7 nitrogen and oxygen atoms in total. The molecule has 1 aromatic heterocycles. The van der Waals surface area contributed by atoms with Crippen molar-refractivity contribution >= 4 is 11.7 Å². The summed E-state index contributed by atoms with van der Waals surface area (Å²) in [6.07, 6.45) is -8.76. The summed E-state index contributed by atoms with van der Waals surface area (Å²) in [5, 5.41) is 10.6. The van der Waals surface area contributed by atoms with Gasteiger partial charge in [0.2, 0.25) is 0 Å². The first-order valence-corrected chi connectivity index (χ1v) is 4.88. The average molecular weight is 316 g/mol. The van der Waals surface area contributed by atoms with E-state index in [2.05, 4.69) is 14.5 Å². The molecule has 0 N–H and O–H groups in total. The molecule has 0 spiro atoms. The lowest BCUT2D eigenvalue weighted by Crippen LogP contribution is -2.20. The Kier molecular flexibility index (Phi) is 4.60. The highest BCUT2D eigenvalue weighted by Crippen LogP contribution is 2.35. The van der Waals surface area contributed by atoms with Crippen molar-refractivity contribution in [2.75, 3.05) is 7.11 Å². The van der Waals surface area contributed by atoms with Crippen LogP contribution in [0.5, 0.6) is 5.88 Å². The summed E-state index contributed by atoms with van der Waals surface area (Å²) in [4.78, 5) is 23.2. The second kappa shape index (κ2) is 5.85. The third-order valence-corrected chi connectivity index (χ3v) is 2.02. The summed E-state index contributed by atoms with van der Waals surface area (Å²) in [7, 11) is 0.769. The highest BCUT2D eigenvalue weighted by atomic mass is 19.4. The SMILES string of the molecule is COC(=O)c1nc(OC(F)(F)F)c([N+](=O)[O-])cc1C(F)F. The molecule has 0 aliphatic carbocycles. The number of nitro groups is 1. The van der Waals surface area contributed by atoms with E-state index in [4.69, 9.17) is 0 Å². The van der Waals surface area contributed by atoms with E-state index < -0.39 is 46.5 Å². The third-order valence-electron chi connectivity index (χ3n) is 2.02. The summed E-state index contributed by atoms with van der Waals surface area (Å²) < 4.78 is 69.1. The summed E-state index contributed by atoms with van der Waals surface area (Å²) in [6.45, 7) is 0. The smallest absolute Gasteiger partial charge is 0.464 e. The van der Waals surface area contributed by atoms with Gasteiger partial charge >= 0.3 is 23.9 Å². The molecule has 0 aliphatic heterocycles. The van der Waals surface area contributed by atoms with Gasteiger partial charge in [-0.25, -0.2) is 13.6 Å². The maximum Gasteiger partial charge on any atom is 0.574 e. The first kappa shape index (κ1) is 16.5. The van der Waals surface area contributed by atoms with E-state index >= 15 is 0 Å². The van der Waals surface area contributed by atoms with Gasteiger partial charge in [-0.05, 0) is 0 Å². The summed E-state index contributed by atoms with van der Waals surface area (Å²) >= 11 is 0. The topological polar surface area (TPSA) is 91.6 Å². The normalized spacial score (nSPS) is 11.4. The molecule has 0 aromatic carbocycles. The summed E-state index contributed by atoms with van der Waals surface area (Å²) in [5.41, 5.74) is -3.92. The fourth-order valence-corrected chi connectivity index (χ4v) is 1.24. The molecule has 0 bridgehead atoms. The minimum atomic E-state index is -5.36. The van der Waals surface area contributed by atoms with Gasteiger partial charge in [-0.1, -0.05) is 0 Å². The number of alkyl halides is 5. The van der Waals surface area contributed by atoms with Gasteiger partial charge in [-0.3, -0.25) is 10.1 Å². The van der Waals surface area contributed by atoms with Crippen molar-refractivity contribution in [3.8, 4) is 5.88 Å². The van der Waals surface area contributed by atoms with Gasteiger partial charge in [0.05, 0.1) is 17.6 Å². The Morgan fingerprint density at radius 1 is 1.43 bits per heavy atom. The lowest BCUT2D eigenvalue weighted by Gasteiger charge is -2.11. The van der Waals surface area contributed by atoms with E-state index in [1.54, 1.807) is 0 Å². The largest absolute Gasteiger partial charge is 0.574 e. The van der Waals surface area contributed by atoms with Crippen molar-refractivity contribution in [3.63, 3.8) is 0 Å². The van der Waals surface area contributed by atoms with E-state index in [0.29, 0.717) is 0 Å². The number of aromatic nitrogens is 1. The van der Waals surface area contributed by atoms with E-state index in [1.165, 1.54) is 0 Å². The fourth-order valence-electron chi connectivity index (χ4n) is 1.24.